The molecule has 0 saturated carbocycles. The summed E-state index contributed by atoms with van der Waals surface area (Å²) in [7, 11) is -1.19. The quantitative estimate of drug-likeness (QED) is 0.870. The summed E-state index contributed by atoms with van der Waals surface area (Å²) < 4.78 is 15.0. The van der Waals surface area contributed by atoms with Crippen molar-refractivity contribution in [2.24, 2.45) is 0 Å². The van der Waals surface area contributed by atoms with Crippen LogP contribution < -0.4 is 4.72 Å². The van der Waals surface area contributed by atoms with Gasteiger partial charge in [0.15, 0.2) is 0 Å². The van der Waals surface area contributed by atoms with Gasteiger partial charge in [-0.05, 0) is 36.2 Å². The van der Waals surface area contributed by atoms with Crippen molar-refractivity contribution in [2.45, 2.75) is 24.7 Å². The molecule has 1 unspecified atom stereocenters. The number of hydrogen-bond donors (Lipinski definition) is 1. The van der Waals surface area contributed by atoms with Crippen LogP contribution in [0.3, 0.4) is 0 Å². The molecule has 2 rings (SSSR count). The van der Waals surface area contributed by atoms with Gasteiger partial charge in [-0.3, -0.25) is 0 Å². The van der Waals surface area contributed by atoms with Crippen LogP contribution in [0.5, 0.6) is 0 Å². The third kappa shape index (κ3) is 3.44. The van der Waals surface area contributed by atoms with Crippen LogP contribution in [0.1, 0.15) is 18.9 Å². The molecule has 2 nitrogen and oxygen atoms in total. The predicted molar refractivity (Wildman–Crippen MR) is 76.9 cm³/mol. The fourth-order valence-corrected chi connectivity index (χ4v) is 2.61. The van der Waals surface area contributed by atoms with E-state index in [1.54, 1.807) is 0 Å². The molecule has 0 amide bonds. The van der Waals surface area contributed by atoms with Gasteiger partial charge in [-0.25, -0.2) is 4.21 Å². The fraction of sp³-hybridized carbons (Fsp3) is 0.200. The second kappa shape index (κ2) is 6.36. The Morgan fingerprint density at radius 1 is 1.00 bits per heavy atom. The van der Waals surface area contributed by atoms with E-state index in [2.05, 4.69) is 23.8 Å². The van der Waals surface area contributed by atoms with Crippen molar-refractivity contribution in [3.63, 3.8) is 0 Å². The molecule has 0 heterocycles. The van der Waals surface area contributed by atoms with Gasteiger partial charge in [0, 0.05) is 5.69 Å². The van der Waals surface area contributed by atoms with Gasteiger partial charge in [0.2, 0.25) is 0 Å². The zero-order valence-electron chi connectivity index (χ0n) is 10.4. The molecule has 0 bridgehead atoms. The average molecular weight is 259 g/mol. The monoisotopic (exact) mass is 259 g/mol. The average Bonchev–Trinajstić information content (AvgIpc) is 2.42. The van der Waals surface area contributed by atoms with Gasteiger partial charge in [-0.1, -0.05) is 43.7 Å². The molecule has 2 aromatic carbocycles. The zero-order valence-corrected chi connectivity index (χ0v) is 11.2. The van der Waals surface area contributed by atoms with Crippen LogP contribution in [0.2, 0.25) is 0 Å². The van der Waals surface area contributed by atoms with Gasteiger partial charge < -0.3 is 4.72 Å². The van der Waals surface area contributed by atoms with Crippen molar-refractivity contribution < 1.29 is 4.21 Å². The van der Waals surface area contributed by atoms with Crippen LogP contribution in [0, 0.1) is 0 Å². The van der Waals surface area contributed by atoms with Crippen molar-refractivity contribution in [2.75, 3.05) is 4.72 Å². The van der Waals surface area contributed by atoms with Crippen LogP contribution in [-0.2, 0) is 17.4 Å². The molecule has 0 aromatic heterocycles. The Morgan fingerprint density at radius 2 is 1.67 bits per heavy atom. The Hall–Kier alpha value is -1.61. The molecule has 1 N–H and O–H groups in total. The molecule has 0 saturated heterocycles. The van der Waals surface area contributed by atoms with E-state index >= 15 is 0 Å². The highest BCUT2D eigenvalue weighted by Crippen LogP contribution is 2.14. The molecule has 0 radical (unpaired) electrons. The van der Waals surface area contributed by atoms with Crippen molar-refractivity contribution in [1.82, 2.24) is 0 Å². The van der Waals surface area contributed by atoms with Crippen LogP contribution in [0.15, 0.2) is 59.5 Å². The molecular weight excluding hydrogens is 242 g/mol. The van der Waals surface area contributed by atoms with Crippen LogP contribution in [0.25, 0.3) is 0 Å². The fourth-order valence-electron chi connectivity index (χ4n) is 1.74. The van der Waals surface area contributed by atoms with E-state index in [1.807, 2.05) is 42.5 Å². The Kier molecular flexibility index (Phi) is 4.53. The second-order valence-corrected chi connectivity index (χ2v) is 5.34. The number of aryl methyl sites for hydroxylation is 1. The zero-order chi connectivity index (χ0) is 12.8. The molecule has 0 fully saturated rings. The highest BCUT2D eigenvalue weighted by atomic mass is 32.2. The largest absolute Gasteiger partial charge is 0.301 e. The maximum Gasteiger partial charge on any atom is 0.150 e. The molecule has 0 spiro atoms. The lowest BCUT2D eigenvalue weighted by Gasteiger charge is -2.06. The summed E-state index contributed by atoms with van der Waals surface area (Å²) in [5, 5.41) is 0. The van der Waals surface area contributed by atoms with Gasteiger partial charge in [-0.15, -0.1) is 0 Å². The van der Waals surface area contributed by atoms with E-state index in [-0.39, 0.29) is 0 Å². The topological polar surface area (TPSA) is 29.1 Å². The maximum absolute atomic E-state index is 12.0. The number of hydrogen-bond acceptors (Lipinski definition) is 1. The van der Waals surface area contributed by atoms with E-state index in [1.165, 1.54) is 5.56 Å². The van der Waals surface area contributed by atoms with Gasteiger partial charge in [0.05, 0.1) is 4.90 Å². The summed E-state index contributed by atoms with van der Waals surface area (Å²) in [4.78, 5) is 0.787. The summed E-state index contributed by atoms with van der Waals surface area (Å²) in [6.45, 7) is 2.16. The number of rotatable bonds is 5. The summed E-state index contributed by atoms with van der Waals surface area (Å²) >= 11 is 0. The van der Waals surface area contributed by atoms with Gasteiger partial charge in [-0.2, -0.15) is 0 Å². The van der Waals surface area contributed by atoms with Crippen molar-refractivity contribution >= 4 is 16.7 Å². The highest BCUT2D eigenvalue weighted by molar-refractivity contribution is 7.86. The Labute approximate surface area is 111 Å². The number of benzene rings is 2. The van der Waals surface area contributed by atoms with Crippen molar-refractivity contribution in [3.05, 3.63) is 60.2 Å². The Balaban J connectivity index is 2.03. The molecule has 0 aliphatic carbocycles. The number of nitrogens with one attached hydrogen (secondary N) is 1. The first-order valence-electron chi connectivity index (χ1n) is 6.12. The molecule has 94 valence electrons. The molecule has 0 aliphatic heterocycles. The van der Waals surface area contributed by atoms with Gasteiger partial charge in [0.1, 0.15) is 11.0 Å². The lowest BCUT2D eigenvalue weighted by atomic mass is 10.1. The first kappa shape index (κ1) is 12.8. The first-order valence-corrected chi connectivity index (χ1v) is 7.27. The molecular formula is C15H17NOS. The van der Waals surface area contributed by atoms with E-state index in [4.69, 9.17) is 0 Å². The van der Waals surface area contributed by atoms with E-state index in [0.29, 0.717) is 0 Å². The van der Waals surface area contributed by atoms with Crippen molar-refractivity contribution in [1.29, 1.82) is 0 Å². The lowest BCUT2D eigenvalue weighted by Crippen LogP contribution is -2.04. The minimum absolute atomic E-state index is 0.787. The van der Waals surface area contributed by atoms with E-state index in [0.717, 1.165) is 23.4 Å². The summed E-state index contributed by atoms with van der Waals surface area (Å²) in [6.07, 6.45) is 2.23. The molecule has 0 aliphatic rings. The van der Waals surface area contributed by atoms with Gasteiger partial charge in [0.25, 0.3) is 0 Å². The summed E-state index contributed by atoms with van der Waals surface area (Å²) in [5.74, 6) is 0. The first-order chi connectivity index (χ1) is 8.79. The van der Waals surface area contributed by atoms with Crippen molar-refractivity contribution in [3.8, 4) is 0 Å². The standard InChI is InChI=1S/C15H17NOS/c1-2-6-13-9-11-14(12-10-13)16-18(17)15-7-4-3-5-8-15/h3-5,7-12,16H,2,6H2,1H3. The van der Waals surface area contributed by atoms with Gasteiger partial charge >= 0.3 is 0 Å². The predicted octanol–water partition coefficient (Wildman–Crippen LogP) is 3.77. The molecule has 18 heavy (non-hydrogen) atoms. The Morgan fingerprint density at radius 3 is 2.28 bits per heavy atom. The van der Waals surface area contributed by atoms with Crippen LogP contribution in [0.4, 0.5) is 5.69 Å². The van der Waals surface area contributed by atoms with Crippen LogP contribution >= 0.6 is 0 Å². The smallest absolute Gasteiger partial charge is 0.150 e. The highest BCUT2D eigenvalue weighted by Gasteiger charge is 2.02. The molecule has 1 atom stereocenters. The lowest BCUT2D eigenvalue weighted by molar-refractivity contribution is 0.686. The minimum Gasteiger partial charge on any atom is -0.301 e. The second-order valence-electron chi connectivity index (χ2n) is 4.13. The minimum atomic E-state index is -1.19. The normalized spacial score (nSPS) is 12.1. The van der Waals surface area contributed by atoms with E-state index in [9.17, 15) is 4.21 Å². The SMILES string of the molecule is CCCc1ccc(NS(=O)c2ccccc2)cc1. The molecule has 2 aromatic rings. The Bertz CT molecular complexity index is 508. The summed E-state index contributed by atoms with van der Waals surface area (Å²) in [6, 6.07) is 17.5. The molecule has 3 heteroatoms. The number of anilines is 1. The third-order valence-corrected chi connectivity index (χ3v) is 3.78. The third-order valence-electron chi connectivity index (χ3n) is 2.66. The maximum atomic E-state index is 12.0. The summed E-state index contributed by atoms with van der Waals surface area (Å²) in [5.41, 5.74) is 2.20. The van der Waals surface area contributed by atoms with Crippen LogP contribution in [-0.4, -0.2) is 4.21 Å². The van der Waals surface area contributed by atoms with E-state index < -0.39 is 11.0 Å².